The van der Waals surface area contributed by atoms with Gasteiger partial charge in [0.15, 0.2) is 0 Å². The second-order valence-electron chi connectivity index (χ2n) is 11.5. The monoisotopic (exact) mass is 551 g/mol. The van der Waals surface area contributed by atoms with E-state index >= 15 is 0 Å². The van der Waals surface area contributed by atoms with Crippen molar-refractivity contribution < 1.29 is 14.3 Å². The van der Waals surface area contributed by atoms with Crippen molar-refractivity contribution in [3.05, 3.63) is 58.6 Å². The van der Waals surface area contributed by atoms with Gasteiger partial charge in [-0.2, -0.15) is 0 Å². The average Bonchev–Trinajstić information content (AvgIpc) is 2.97. The number of carbonyl (C=O) groups is 2. The van der Waals surface area contributed by atoms with Crippen LogP contribution in [0.3, 0.4) is 0 Å². The number of ether oxygens (including phenoxy) is 1. The molecule has 5 rings (SSSR count). The normalized spacial score (nSPS) is 20.9. The molecule has 1 spiro atoms. The van der Waals surface area contributed by atoms with E-state index in [-0.39, 0.29) is 17.2 Å². The lowest BCUT2D eigenvalue weighted by molar-refractivity contribution is -0.122. The summed E-state index contributed by atoms with van der Waals surface area (Å²) >= 11 is 6.55. The number of aryl methyl sites for hydroxylation is 1. The number of hydrogen-bond acceptors (Lipinski definition) is 4. The van der Waals surface area contributed by atoms with Gasteiger partial charge in [-0.15, -0.1) is 0 Å². The summed E-state index contributed by atoms with van der Waals surface area (Å²) in [4.78, 5) is 30.6. The number of rotatable bonds is 2. The van der Waals surface area contributed by atoms with Gasteiger partial charge in [-0.3, -0.25) is 9.59 Å². The van der Waals surface area contributed by atoms with Crippen LogP contribution < -0.4 is 15.0 Å². The molecule has 210 valence electrons. The van der Waals surface area contributed by atoms with Crippen LogP contribution in [0, 0.1) is 5.41 Å². The maximum atomic E-state index is 13.6. The van der Waals surface area contributed by atoms with E-state index in [4.69, 9.17) is 16.3 Å². The fourth-order valence-corrected chi connectivity index (χ4v) is 6.55. The number of nitrogens with one attached hydrogen (secondary N) is 1. The van der Waals surface area contributed by atoms with Crippen molar-refractivity contribution in [2.75, 3.05) is 44.2 Å². The van der Waals surface area contributed by atoms with Crippen molar-refractivity contribution in [2.24, 2.45) is 5.41 Å². The summed E-state index contributed by atoms with van der Waals surface area (Å²) in [5, 5.41) is 3.74. The van der Waals surface area contributed by atoms with Crippen molar-refractivity contribution in [1.82, 2.24) is 10.2 Å². The molecule has 0 unspecified atom stereocenters. The lowest BCUT2D eigenvalue weighted by Gasteiger charge is -2.42. The molecule has 1 N–H and O–H groups in total. The third-order valence-electron chi connectivity index (χ3n) is 8.86. The van der Waals surface area contributed by atoms with Crippen LogP contribution in [0.1, 0.15) is 80.1 Å². The maximum Gasteiger partial charge on any atom is 0.255 e. The SMILES string of the molecule is O=C1CCCOc2ccccc2CCCCC2(CCN(C(=O)c3cc(N4CCCCC4)ccc3Cl)CC2)CN1. The lowest BCUT2D eigenvalue weighted by atomic mass is 9.74. The van der Waals surface area contributed by atoms with Gasteiger partial charge in [0, 0.05) is 44.8 Å². The van der Waals surface area contributed by atoms with Gasteiger partial charge in [-0.25, -0.2) is 0 Å². The zero-order chi connectivity index (χ0) is 27.1. The molecule has 6 nitrogen and oxygen atoms in total. The van der Waals surface area contributed by atoms with Crippen LogP contribution in [0.15, 0.2) is 42.5 Å². The van der Waals surface area contributed by atoms with Crippen molar-refractivity contribution in [1.29, 1.82) is 0 Å². The fourth-order valence-electron chi connectivity index (χ4n) is 6.35. The molecule has 3 heterocycles. The molecule has 0 radical (unpaired) electrons. The minimum absolute atomic E-state index is 0.0199. The number of para-hydroxylation sites is 1. The minimum atomic E-state index is 0.0199. The Morgan fingerprint density at radius 3 is 2.49 bits per heavy atom. The summed E-state index contributed by atoms with van der Waals surface area (Å²) in [7, 11) is 0. The predicted molar refractivity (Wildman–Crippen MR) is 157 cm³/mol. The highest BCUT2D eigenvalue weighted by atomic mass is 35.5. The first kappa shape index (κ1) is 27.8. The first-order valence-corrected chi connectivity index (χ1v) is 15.2. The highest BCUT2D eigenvalue weighted by Crippen LogP contribution is 2.38. The molecule has 7 heteroatoms. The standard InChI is InChI=1S/C32H42ClN3O3/c33-28-14-13-26(35-18-6-1-7-19-35)23-27(28)31(38)36-20-16-32(17-21-36)15-5-4-10-25-9-2-3-11-29(25)39-22-8-12-30(37)34-24-32/h2-3,9,11,13-14,23H,1,4-8,10,12,15-22,24H2,(H,34,37). The number of carbonyl (C=O) groups excluding carboxylic acids is 2. The van der Waals surface area contributed by atoms with E-state index in [2.05, 4.69) is 22.3 Å². The third-order valence-corrected chi connectivity index (χ3v) is 9.18. The number of benzene rings is 2. The first-order chi connectivity index (χ1) is 19.0. The Labute approximate surface area is 238 Å². The van der Waals surface area contributed by atoms with Crippen LogP contribution in [-0.4, -0.2) is 56.0 Å². The Morgan fingerprint density at radius 1 is 0.872 bits per heavy atom. The Kier molecular flexibility index (Phi) is 9.33. The van der Waals surface area contributed by atoms with Gasteiger partial charge in [0.05, 0.1) is 17.2 Å². The third kappa shape index (κ3) is 7.08. The van der Waals surface area contributed by atoms with Gasteiger partial charge >= 0.3 is 0 Å². The number of fused-ring (bicyclic) bond motifs is 1. The van der Waals surface area contributed by atoms with Crippen LogP contribution in [0.25, 0.3) is 0 Å². The van der Waals surface area contributed by atoms with Gasteiger partial charge < -0.3 is 19.9 Å². The van der Waals surface area contributed by atoms with Crippen LogP contribution in [0.2, 0.25) is 5.02 Å². The van der Waals surface area contributed by atoms with E-state index in [1.54, 1.807) is 0 Å². The number of amides is 2. The molecule has 2 aromatic carbocycles. The predicted octanol–water partition coefficient (Wildman–Crippen LogP) is 6.25. The number of hydrogen-bond donors (Lipinski definition) is 1. The van der Waals surface area contributed by atoms with Gasteiger partial charge in [-0.05, 0) is 93.0 Å². The van der Waals surface area contributed by atoms with E-state index in [9.17, 15) is 9.59 Å². The summed E-state index contributed by atoms with van der Waals surface area (Å²) in [6, 6.07) is 14.2. The van der Waals surface area contributed by atoms with E-state index in [1.165, 1.54) is 24.8 Å². The molecule has 0 atom stereocenters. The Hall–Kier alpha value is -2.73. The maximum absolute atomic E-state index is 13.6. The molecular formula is C32H42ClN3O3. The van der Waals surface area contributed by atoms with E-state index < -0.39 is 0 Å². The van der Waals surface area contributed by atoms with Crippen LogP contribution in [0.5, 0.6) is 5.75 Å². The van der Waals surface area contributed by atoms with Crippen molar-refractivity contribution >= 4 is 29.1 Å². The first-order valence-electron chi connectivity index (χ1n) is 14.8. The summed E-state index contributed by atoms with van der Waals surface area (Å²) in [5.41, 5.74) is 2.97. The molecule has 3 aliphatic rings. The highest BCUT2D eigenvalue weighted by molar-refractivity contribution is 6.34. The lowest BCUT2D eigenvalue weighted by Crippen LogP contribution is -2.48. The van der Waals surface area contributed by atoms with E-state index in [0.29, 0.717) is 49.7 Å². The Morgan fingerprint density at radius 2 is 1.67 bits per heavy atom. The zero-order valence-electron chi connectivity index (χ0n) is 23.1. The van der Waals surface area contributed by atoms with Crippen LogP contribution >= 0.6 is 11.6 Å². The zero-order valence-corrected chi connectivity index (χ0v) is 23.8. The minimum Gasteiger partial charge on any atom is -0.493 e. The van der Waals surface area contributed by atoms with Crippen molar-refractivity contribution in [3.8, 4) is 5.75 Å². The molecule has 0 aliphatic carbocycles. The molecule has 2 amide bonds. The molecule has 2 aromatic rings. The molecule has 39 heavy (non-hydrogen) atoms. The fraction of sp³-hybridized carbons (Fsp3) is 0.562. The molecule has 0 bridgehead atoms. The van der Waals surface area contributed by atoms with Gasteiger partial charge in [-0.1, -0.05) is 36.2 Å². The van der Waals surface area contributed by atoms with E-state index in [1.807, 2.05) is 35.2 Å². The second kappa shape index (κ2) is 13.1. The topological polar surface area (TPSA) is 61.9 Å². The molecule has 2 saturated heterocycles. The molecule has 0 saturated carbocycles. The van der Waals surface area contributed by atoms with Crippen molar-refractivity contribution in [3.63, 3.8) is 0 Å². The Bertz CT molecular complexity index is 1140. The second-order valence-corrected chi connectivity index (χ2v) is 12.0. The summed E-state index contributed by atoms with van der Waals surface area (Å²) in [6.45, 7) is 4.67. The Balaban J connectivity index is 1.24. The van der Waals surface area contributed by atoms with Gasteiger partial charge in [0.2, 0.25) is 5.91 Å². The smallest absolute Gasteiger partial charge is 0.255 e. The summed E-state index contributed by atoms with van der Waals surface area (Å²) < 4.78 is 5.98. The van der Waals surface area contributed by atoms with E-state index in [0.717, 1.165) is 63.1 Å². The number of anilines is 1. The molecular weight excluding hydrogens is 510 g/mol. The van der Waals surface area contributed by atoms with Crippen LogP contribution in [0.4, 0.5) is 5.69 Å². The summed E-state index contributed by atoms with van der Waals surface area (Å²) in [5.74, 6) is 1.05. The number of halogens is 1. The van der Waals surface area contributed by atoms with Crippen molar-refractivity contribution in [2.45, 2.75) is 70.6 Å². The number of piperidine rings is 2. The van der Waals surface area contributed by atoms with Gasteiger partial charge in [0.25, 0.3) is 5.91 Å². The molecule has 0 aromatic heterocycles. The highest BCUT2D eigenvalue weighted by Gasteiger charge is 2.36. The number of likely N-dealkylation sites (tertiary alicyclic amines) is 1. The van der Waals surface area contributed by atoms with Gasteiger partial charge in [0.1, 0.15) is 5.75 Å². The molecule has 3 aliphatic heterocycles. The number of nitrogens with zero attached hydrogens (tertiary/aromatic N) is 2. The average molecular weight is 552 g/mol. The van der Waals surface area contributed by atoms with Crippen LogP contribution in [-0.2, 0) is 11.2 Å². The molecule has 2 fully saturated rings. The summed E-state index contributed by atoms with van der Waals surface area (Å²) in [6.07, 6.45) is 10.8. The largest absolute Gasteiger partial charge is 0.493 e. The quantitative estimate of drug-likeness (QED) is 0.479.